The molecule has 0 amide bonds. The first-order chi connectivity index (χ1) is 12.3. The van der Waals surface area contributed by atoms with Crippen molar-refractivity contribution < 1.29 is 8.78 Å². The number of halogens is 2. The van der Waals surface area contributed by atoms with Crippen molar-refractivity contribution in [3.8, 4) is 0 Å². The van der Waals surface area contributed by atoms with E-state index >= 15 is 0 Å². The molecule has 0 saturated carbocycles. The van der Waals surface area contributed by atoms with Gasteiger partial charge in [-0.25, -0.2) is 19.6 Å². The number of anilines is 1. The highest BCUT2D eigenvalue weighted by Crippen LogP contribution is 2.54. The van der Waals surface area contributed by atoms with E-state index in [1.165, 1.54) is 17.8 Å². The van der Waals surface area contributed by atoms with Gasteiger partial charge in [-0.05, 0) is 43.7 Å². The first-order valence-corrected chi connectivity index (χ1v) is 8.81. The van der Waals surface area contributed by atoms with Crippen LogP contribution in [-0.2, 0) is 9.74 Å². The highest BCUT2D eigenvalue weighted by Gasteiger charge is 2.50. The van der Waals surface area contributed by atoms with E-state index in [0.717, 1.165) is 17.7 Å². The number of nitrogens with one attached hydrogen (secondary N) is 2. The third-order valence-corrected chi connectivity index (χ3v) is 5.92. The van der Waals surface area contributed by atoms with Crippen LogP contribution in [0.1, 0.15) is 25.0 Å². The zero-order valence-corrected chi connectivity index (χ0v) is 15.7. The van der Waals surface area contributed by atoms with Crippen molar-refractivity contribution in [3.05, 3.63) is 90.5 Å². The number of hydrogen-bond acceptors (Lipinski definition) is 4. The highest BCUT2D eigenvalue weighted by atomic mass is 32.2. The minimum atomic E-state index is -1.01. The van der Waals surface area contributed by atoms with Crippen molar-refractivity contribution in [2.75, 3.05) is 5.73 Å². The van der Waals surface area contributed by atoms with Crippen LogP contribution in [0, 0.1) is 11.6 Å². The summed E-state index contributed by atoms with van der Waals surface area (Å²) >= 11 is 1.40. The van der Waals surface area contributed by atoms with Gasteiger partial charge >= 0.3 is 0 Å². The minimum absolute atomic E-state index is 0.200. The molecule has 6 heteroatoms. The minimum Gasteiger partial charge on any atom is -0.398 e. The maximum absolute atomic E-state index is 14.4. The Morgan fingerprint density at radius 2 is 1.73 bits per heavy atom. The lowest BCUT2D eigenvalue weighted by Crippen LogP contribution is -2.44. The van der Waals surface area contributed by atoms with E-state index in [4.69, 9.17) is 5.73 Å². The standard InChI is InChI=1S/C18H19F2N3S.C2H4/c1-11(2)18(14-10-12(19)8-9-15(14)20)23-22-17(3,24-18)13-6-4-5-7-16(13)21;1-2/h4-10,22-23H,1,21H2,2-3H3;1-2H2. The van der Waals surface area contributed by atoms with Gasteiger partial charge in [-0.3, -0.25) is 0 Å². The number of hydrogen-bond donors (Lipinski definition) is 3. The van der Waals surface area contributed by atoms with Gasteiger partial charge in [0.05, 0.1) is 0 Å². The molecule has 1 heterocycles. The highest BCUT2D eigenvalue weighted by molar-refractivity contribution is 8.01. The van der Waals surface area contributed by atoms with Gasteiger partial charge < -0.3 is 5.73 Å². The molecule has 1 fully saturated rings. The Kier molecular flexibility index (Phi) is 5.91. The molecular weight excluding hydrogens is 352 g/mol. The van der Waals surface area contributed by atoms with Gasteiger partial charge in [0.2, 0.25) is 0 Å². The van der Waals surface area contributed by atoms with Crippen LogP contribution in [0.5, 0.6) is 0 Å². The summed E-state index contributed by atoms with van der Waals surface area (Å²) < 4.78 is 28.2. The molecule has 1 aliphatic heterocycles. The Hall–Kier alpha value is -2.15. The molecule has 138 valence electrons. The third-order valence-electron chi connectivity index (χ3n) is 4.22. The van der Waals surface area contributed by atoms with Gasteiger partial charge in [0.1, 0.15) is 21.4 Å². The summed E-state index contributed by atoms with van der Waals surface area (Å²) in [5.74, 6) is -0.992. The molecule has 1 saturated heterocycles. The lowest BCUT2D eigenvalue weighted by molar-refractivity contribution is 0.410. The molecule has 3 nitrogen and oxygen atoms in total. The summed E-state index contributed by atoms with van der Waals surface area (Å²) in [5, 5.41) is 0. The van der Waals surface area contributed by atoms with Crippen LogP contribution in [0.4, 0.5) is 14.5 Å². The molecular formula is C20H23F2N3S. The van der Waals surface area contributed by atoms with Gasteiger partial charge in [0.15, 0.2) is 0 Å². The van der Waals surface area contributed by atoms with Crippen LogP contribution in [-0.4, -0.2) is 0 Å². The molecule has 3 rings (SSSR count). The predicted molar refractivity (Wildman–Crippen MR) is 106 cm³/mol. The number of hydrazine groups is 1. The zero-order chi connectivity index (χ0) is 19.5. The lowest BCUT2D eigenvalue weighted by Gasteiger charge is -2.31. The molecule has 0 spiro atoms. The average Bonchev–Trinajstić information content (AvgIpc) is 2.99. The van der Waals surface area contributed by atoms with Crippen molar-refractivity contribution in [1.82, 2.24) is 10.9 Å². The Bertz CT molecular complexity index is 826. The Labute approximate surface area is 157 Å². The van der Waals surface area contributed by atoms with Crippen molar-refractivity contribution in [3.63, 3.8) is 0 Å². The normalized spacial score (nSPS) is 24.6. The fourth-order valence-corrected chi connectivity index (χ4v) is 4.48. The van der Waals surface area contributed by atoms with E-state index in [-0.39, 0.29) is 5.56 Å². The van der Waals surface area contributed by atoms with Crippen molar-refractivity contribution >= 4 is 17.4 Å². The topological polar surface area (TPSA) is 50.1 Å². The smallest absolute Gasteiger partial charge is 0.129 e. The summed E-state index contributed by atoms with van der Waals surface area (Å²) in [6.45, 7) is 13.7. The van der Waals surface area contributed by atoms with Gasteiger partial charge in [-0.15, -0.1) is 24.9 Å². The van der Waals surface area contributed by atoms with Crippen molar-refractivity contribution in [1.29, 1.82) is 0 Å². The van der Waals surface area contributed by atoms with Crippen molar-refractivity contribution in [2.24, 2.45) is 0 Å². The van der Waals surface area contributed by atoms with Crippen LogP contribution in [0.3, 0.4) is 0 Å². The maximum Gasteiger partial charge on any atom is 0.129 e. The van der Waals surface area contributed by atoms with Gasteiger partial charge in [0.25, 0.3) is 0 Å². The van der Waals surface area contributed by atoms with E-state index in [0.29, 0.717) is 11.3 Å². The van der Waals surface area contributed by atoms with Crippen LogP contribution >= 0.6 is 11.8 Å². The Morgan fingerprint density at radius 3 is 2.35 bits per heavy atom. The Balaban J connectivity index is 0.00000117. The molecule has 0 bridgehead atoms. The molecule has 2 atom stereocenters. The van der Waals surface area contributed by atoms with Crippen LogP contribution in [0.2, 0.25) is 0 Å². The zero-order valence-electron chi connectivity index (χ0n) is 14.9. The molecule has 0 radical (unpaired) electrons. The first-order valence-electron chi connectivity index (χ1n) is 7.99. The number of benzene rings is 2. The molecule has 4 N–H and O–H groups in total. The molecule has 26 heavy (non-hydrogen) atoms. The summed E-state index contributed by atoms with van der Waals surface area (Å²) in [6, 6.07) is 10.9. The quantitative estimate of drug-likeness (QED) is 0.533. The largest absolute Gasteiger partial charge is 0.398 e. The van der Waals surface area contributed by atoms with Gasteiger partial charge in [0, 0.05) is 16.8 Å². The van der Waals surface area contributed by atoms with Crippen LogP contribution in [0.15, 0.2) is 67.8 Å². The van der Waals surface area contributed by atoms with Gasteiger partial charge in [-0.2, -0.15) is 0 Å². The monoisotopic (exact) mass is 375 g/mol. The maximum atomic E-state index is 14.4. The number of para-hydroxylation sites is 1. The summed E-state index contributed by atoms with van der Waals surface area (Å²) in [7, 11) is 0. The number of thioether (sulfide) groups is 1. The van der Waals surface area contributed by atoms with E-state index in [1.807, 2.05) is 31.2 Å². The molecule has 2 unspecified atom stereocenters. The third kappa shape index (κ3) is 3.40. The number of nitrogens with two attached hydrogens (primary N) is 1. The average molecular weight is 375 g/mol. The predicted octanol–water partition coefficient (Wildman–Crippen LogP) is 4.79. The molecule has 2 aromatic rings. The van der Waals surface area contributed by atoms with E-state index in [1.54, 1.807) is 6.92 Å². The molecule has 0 aliphatic carbocycles. The fourth-order valence-electron chi connectivity index (χ4n) is 2.93. The molecule has 2 aromatic carbocycles. The molecule has 1 aliphatic rings. The van der Waals surface area contributed by atoms with E-state index in [9.17, 15) is 8.78 Å². The van der Waals surface area contributed by atoms with E-state index < -0.39 is 21.4 Å². The second-order valence-electron chi connectivity index (χ2n) is 6.06. The number of rotatable bonds is 3. The lowest BCUT2D eigenvalue weighted by atomic mass is 10.00. The number of nitrogen functional groups attached to an aromatic ring is 1. The van der Waals surface area contributed by atoms with Crippen LogP contribution in [0.25, 0.3) is 0 Å². The SMILES string of the molecule is C=C.C=C(C)C1(c2cc(F)ccc2F)NNC(C)(c2ccccc2N)S1. The first kappa shape index (κ1) is 20.2. The summed E-state index contributed by atoms with van der Waals surface area (Å²) in [6.07, 6.45) is 0. The fraction of sp³-hybridized carbons (Fsp3) is 0.200. The summed E-state index contributed by atoms with van der Waals surface area (Å²) in [4.78, 5) is -1.65. The van der Waals surface area contributed by atoms with Crippen LogP contribution < -0.4 is 16.6 Å². The summed E-state index contributed by atoms with van der Waals surface area (Å²) in [5.41, 5.74) is 14.8. The second-order valence-corrected chi connectivity index (χ2v) is 7.69. The molecule has 0 aromatic heterocycles. The van der Waals surface area contributed by atoms with Crippen molar-refractivity contribution in [2.45, 2.75) is 23.6 Å². The van der Waals surface area contributed by atoms with E-state index in [2.05, 4.69) is 30.6 Å². The van der Waals surface area contributed by atoms with Gasteiger partial charge in [-0.1, -0.05) is 24.8 Å². The Morgan fingerprint density at radius 1 is 1.08 bits per heavy atom. The second kappa shape index (κ2) is 7.61.